The Morgan fingerprint density at radius 2 is 2.12 bits per heavy atom. The lowest BCUT2D eigenvalue weighted by atomic mass is 10.1. The van der Waals surface area contributed by atoms with Gasteiger partial charge >= 0.3 is 0 Å². The standard InChI is InChI=1S/C18H16ClN3O2S/c19-11-5-3-10(4-6-11)15-9-13-14(8-12-2-1-7-24-12)21-22-16(18(20)23)17(13)25-15/h3-6,9,12H,1-2,7-8H2,(H2,20,23). The van der Waals surface area contributed by atoms with Gasteiger partial charge < -0.3 is 10.5 Å². The van der Waals surface area contributed by atoms with Crippen LogP contribution < -0.4 is 5.73 Å². The van der Waals surface area contributed by atoms with Crippen molar-refractivity contribution in [3.05, 3.63) is 46.7 Å². The van der Waals surface area contributed by atoms with Crippen molar-refractivity contribution < 1.29 is 9.53 Å². The summed E-state index contributed by atoms with van der Waals surface area (Å²) in [4.78, 5) is 12.8. The van der Waals surface area contributed by atoms with Crippen molar-refractivity contribution in [1.82, 2.24) is 10.2 Å². The largest absolute Gasteiger partial charge is 0.378 e. The Morgan fingerprint density at radius 3 is 2.80 bits per heavy atom. The second-order valence-corrected chi connectivity index (χ2v) is 7.55. The van der Waals surface area contributed by atoms with E-state index in [1.807, 2.05) is 24.3 Å². The van der Waals surface area contributed by atoms with Crippen LogP contribution in [0.4, 0.5) is 0 Å². The number of ether oxygens (including phenoxy) is 1. The average molecular weight is 374 g/mol. The number of rotatable bonds is 4. The van der Waals surface area contributed by atoms with Gasteiger partial charge in [0.05, 0.1) is 16.5 Å². The minimum Gasteiger partial charge on any atom is -0.378 e. The fourth-order valence-corrected chi connectivity index (χ4v) is 4.38. The molecule has 2 aromatic heterocycles. The highest BCUT2D eigenvalue weighted by molar-refractivity contribution is 7.22. The number of nitrogens with two attached hydrogens (primary N) is 1. The first-order valence-corrected chi connectivity index (χ1v) is 9.27. The van der Waals surface area contributed by atoms with Gasteiger partial charge in [-0.15, -0.1) is 16.4 Å². The number of thiophene rings is 1. The highest BCUT2D eigenvalue weighted by Crippen LogP contribution is 2.37. The lowest BCUT2D eigenvalue weighted by molar-refractivity contribution is 0.0996. The molecule has 1 unspecified atom stereocenters. The van der Waals surface area contributed by atoms with E-state index in [0.29, 0.717) is 11.4 Å². The van der Waals surface area contributed by atoms with Crippen LogP contribution in [0.25, 0.3) is 20.5 Å². The highest BCUT2D eigenvalue weighted by Gasteiger charge is 2.22. The van der Waals surface area contributed by atoms with Crippen LogP contribution >= 0.6 is 22.9 Å². The van der Waals surface area contributed by atoms with E-state index in [9.17, 15) is 4.79 Å². The maximum Gasteiger partial charge on any atom is 0.270 e. The van der Waals surface area contributed by atoms with Crippen LogP contribution in [0, 0.1) is 0 Å². The molecule has 1 aliphatic rings. The third kappa shape index (κ3) is 3.25. The van der Waals surface area contributed by atoms with Gasteiger partial charge in [-0.25, -0.2) is 0 Å². The number of fused-ring (bicyclic) bond motifs is 1. The van der Waals surface area contributed by atoms with Crippen molar-refractivity contribution in [2.24, 2.45) is 5.73 Å². The molecule has 128 valence electrons. The Bertz CT molecular complexity index is 933. The maximum absolute atomic E-state index is 11.7. The summed E-state index contributed by atoms with van der Waals surface area (Å²) in [7, 11) is 0. The van der Waals surface area contributed by atoms with Gasteiger partial charge in [0.25, 0.3) is 5.91 Å². The summed E-state index contributed by atoms with van der Waals surface area (Å²) < 4.78 is 6.50. The summed E-state index contributed by atoms with van der Waals surface area (Å²) in [5, 5.41) is 9.96. The summed E-state index contributed by atoms with van der Waals surface area (Å²) in [5.74, 6) is -0.564. The zero-order valence-electron chi connectivity index (χ0n) is 13.4. The van der Waals surface area contributed by atoms with Crippen molar-refractivity contribution in [1.29, 1.82) is 0 Å². The molecule has 1 saturated heterocycles. The van der Waals surface area contributed by atoms with Gasteiger partial charge in [-0.2, -0.15) is 5.10 Å². The van der Waals surface area contributed by atoms with Gasteiger partial charge in [0.2, 0.25) is 0 Å². The van der Waals surface area contributed by atoms with Crippen LogP contribution in [0.3, 0.4) is 0 Å². The van der Waals surface area contributed by atoms with Gasteiger partial charge in [0, 0.05) is 28.3 Å². The first-order valence-electron chi connectivity index (χ1n) is 8.08. The molecule has 1 fully saturated rings. The quantitative estimate of drug-likeness (QED) is 0.753. The third-order valence-corrected chi connectivity index (χ3v) is 5.78. The number of nitrogens with zero attached hydrogens (tertiary/aromatic N) is 2. The van der Waals surface area contributed by atoms with Gasteiger partial charge in [0.1, 0.15) is 0 Å². The van der Waals surface area contributed by atoms with E-state index < -0.39 is 5.91 Å². The molecule has 3 aromatic rings. The van der Waals surface area contributed by atoms with Crippen molar-refractivity contribution in [3.8, 4) is 10.4 Å². The smallest absolute Gasteiger partial charge is 0.270 e. The molecule has 5 nitrogen and oxygen atoms in total. The molecule has 0 bridgehead atoms. The van der Waals surface area contributed by atoms with E-state index in [4.69, 9.17) is 22.1 Å². The van der Waals surface area contributed by atoms with E-state index in [0.717, 1.165) is 45.7 Å². The number of primary amides is 1. The topological polar surface area (TPSA) is 78.1 Å². The molecule has 0 spiro atoms. The molecule has 1 atom stereocenters. The second-order valence-electron chi connectivity index (χ2n) is 6.06. The highest BCUT2D eigenvalue weighted by atomic mass is 35.5. The average Bonchev–Trinajstić information content (AvgIpc) is 3.25. The van der Waals surface area contributed by atoms with E-state index in [1.54, 1.807) is 0 Å². The first-order chi connectivity index (χ1) is 12.1. The number of aromatic nitrogens is 2. The van der Waals surface area contributed by atoms with Gasteiger partial charge in [-0.1, -0.05) is 23.7 Å². The molecule has 25 heavy (non-hydrogen) atoms. The number of hydrogen-bond donors (Lipinski definition) is 1. The van der Waals surface area contributed by atoms with Crippen LogP contribution in [0.15, 0.2) is 30.3 Å². The molecular formula is C18H16ClN3O2S. The Balaban J connectivity index is 1.82. The Hall–Kier alpha value is -2.02. The summed E-state index contributed by atoms with van der Waals surface area (Å²) in [6.45, 7) is 0.792. The number of benzene rings is 1. The minimum atomic E-state index is -0.564. The van der Waals surface area contributed by atoms with Gasteiger partial charge in [-0.05, 0) is 36.6 Å². The minimum absolute atomic E-state index is 0.163. The van der Waals surface area contributed by atoms with Crippen molar-refractivity contribution in [2.45, 2.75) is 25.4 Å². The van der Waals surface area contributed by atoms with Crippen LogP contribution in [0.5, 0.6) is 0 Å². The number of carbonyl (C=O) groups excluding carboxylic acids is 1. The van der Waals surface area contributed by atoms with E-state index in [1.165, 1.54) is 11.3 Å². The molecule has 1 aliphatic heterocycles. The molecule has 0 saturated carbocycles. The Labute approximate surface area is 153 Å². The van der Waals surface area contributed by atoms with Crippen molar-refractivity contribution in [2.75, 3.05) is 6.61 Å². The zero-order chi connectivity index (χ0) is 17.4. The number of carbonyl (C=O) groups is 1. The Kier molecular flexibility index (Phi) is 4.41. The zero-order valence-corrected chi connectivity index (χ0v) is 14.9. The van der Waals surface area contributed by atoms with Crippen molar-refractivity contribution in [3.63, 3.8) is 0 Å². The molecule has 7 heteroatoms. The first kappa shape index (κ1) is 16.4. The summed E-state index contributed by atoms with van der Waals surface area (Å²) in [5.41, 5.74) is 7.59. The van der Waals surface area contributed by atoms with E-state index in [2.05, 4.69) is 16.3 Å². The molecule has 3 heterocycles. The lowest BCUT2D eigenvalue weighted by Crippen LogP contribution is -2.16. The fraction of sp³-hybridized carbons (Fsp3) is 0.278. The number of amides is 1. The molecule has 1 aromatic carbocycles. The number of hydrogen-bond acceptors (Lipinski definition) is 5. The van der Waals surface area contributed by atoms with Gasteiger partial charge in [0.15, 0.2) is 5.69 Å². The predicted octanol–water partition coefficient (Wildman–Crippen LogP) is 3.83. The summed E-state index contributed by atoms with van der Waals surface area (Å²) in [6.07, 6.45) is 2.95. The summed E-state index contributed by atoms with van der Waals surface area (Å²) in [6, 6.07) is 9.66. The molecule has 4 rings (SSSR count). The SMILES string of the molecule is NC(=O)c1nnc(CC2CCCO2)c2cc(-c3ccc(Cl)cc3)sc12. The second kappa shape index (κ2) is 6.71. The summed E-state index contributed by atoms with van der Waals surface area (Å²) >= 11 is 7.47. The molecule has 0 radical (unpaired) electrons. The van der Waals surface area contributed by atoms with Crippen molar-refractivity contribution >= 4 is 38.9 Å². The van der Waals surface area contributed by atoms with Gasteiger partial charge in [-0.3, -0.25) is 4.79 Å². The normalized spacial score (nSPS) is 17.2. The predicted molar refractivity (Wildman–Crippen MR) is 99.1 cm³/mol. The van der Waals surface area contributed by atoms with Crippen LogP contribution in [-0.2, 0) is 11.2 Å². The molecule has 0 aliphatic carbocycles. The van der Waals surface area contributed by atoms with E-state index in [-0.39, 0.29) is 11.8 Å². The fourth-order valence-electron chi connectivity index (χ4n) is 3.08. The maximum atomic E-state index is 11.7. The molecule has 1 amide bonds. The number of halogens is 1. The van der Waals surface area contributed by atoms with Crippen LogP contribution in [-0.4, -0.2) is 28.8 Å². The van der Waals surface area contributed by atoms with E-state index >= 15 is 0 Å². The van der Waals surface area contributed by atoms with Crippen LogP contribution in [0.2, 0.25) is 5.02 Å². The third-order valence-electron chi connectivity index (χ3n) is 4.34. The monoisotopic (exact) mass is 373 g/mol. The van der Waals surface area contributed by atoms with Crippen LogP contribution in [0.1, 0.15) is 29.0 Å². The Morgan fingerprint density at radius 1 is 1.32 bits per heavy atom. The molecule has 2 N–H and O–H groups in total. The lowest BCUT2D eigenvalue weighted by Gasteiger charge is -2.09. The molecular weight excluding hydrogens is 358 g/mol.